The fourth-order valence-corrected chi connectivity index (χ4v) is 2.46. The summed E-state index contributed by atoms with van der Waals surface area (Å²) in [7, 11) is 0. The van der Waals surface area contributed by atoms with Crippen molar-refractivity contribution in [2.24, 2.45) is 23.5 Å². The second-order valence-electron chi connectivity index (χ2n) is 5.40. The van der Waals surface area contributed by atoms with Crippen LogP contribution in [0.25, 0.3) is 0 Å². The summed E-state index contributed by atoms with van der Waals surface area (Å²) in [4.78, 5) is 0. The van der Waals surface area contributed by atoms with E-state index in [-0.39, 0.29) is 0 Å². The number of nitrogens with one attached hydrogen (secondary N) is 1. The molecular weight excluding hydrogens is 184 g/mol. The molecule has 0 aromatic rings. The summed E-state index contributed by atoms with van der Waals surface area (Å²) in [5.74, 6) is 2.28. The molecule has 1 atom stereocenters. The fourth-order valence-electron chi connectivity index (χ4n) is 2.46. The Kier molecular flexibility index (Phi) is 6.26. The summed E-state index contributed by atoms with van der Waals surface area (Å²) in [6.45, 7) is 7.66. The van der Waals surface area contributed by atoms with Crippen LogP contribution in [-0.4, -0.2) is 19.6 Å². The van der Waals surface area contributed by atoms with Crippen LogP contribution >= 0.6 is 0 Å². The van der Waals surface area contributed by atoms with Gasteiger partial charge >= 0.3 is 0 Å². The van der Waals surface area contributed by atoms with Gasteiger partial charge in [0.2, 0.25) is 0 Å². The highest BCUT2D eigenvalue weighted by atomic mass is 14.9. The Bertz CT molecular complexity index is 151. The van der Waals surface area contributed by atoms with Gasteiger partial charge in [-0.2, -0.15) is 0 Å². The molecule has 1 aliphatic carbocycles. The Morgan fingerprint density at radius 1 is 1.20 bits per heavy atom. The lowest BCUT2D eigenvalue weighted by Crippen LogP contribution is -2.34. The Hall–Kier alpha value is -0.0800. The molecule has 2 nitrogen and oxygen atoms in total. The van der Waals surface area contributed by atoms with Gasteiger partial charge in [-0.25, -0.2) is 0 Å². The molecule has 90 valence electrons. The largest absolute Gasteiger partial charge is 0.330 e. The van der Waals surface area contributed by atoms with Crippen molar-refractivity contribution in [2.75, 3.05) is 19.6 Å². The normalized spacial score (nSPS) is 20.8. The lowest BCUT2D eigenvalue weighted by molar-refractivity contribution is 0.314. The first kappa shape index (κ1) is 13.0. The molecule has 0 saturated heterocycles. The van der Waals surface area contributed by atoms with Gasteiger partial charge in [0.05, 0.1) is 0 Å². The summed E-state index contributed by atoms with van der Waals surface area (Å²) in [5.41, 5.74) is 5.75. The molecule has 15 heavy (non-hydrogen) atoms. The minimum absolute atomic E-state index is 0.647. The van der Waals surface area contributed by atoms with Gasteiger partial charge in [-0.05, 0) is 50.2 Å². The van der Waals surface area contributed by atoms with Crippen molar-refractivity contribution in [1.82, 2.24) is 5.32 Å². The van der Waals surface area contributed by atoms with Crippen molar-refractivity contribution >= 4 is 0 Å². The number of hydrogen-bond donors (Lipinski definition) is 2. The fraction of sp³-hybridized carbons (Fsp3) is 1.00. The topological polar surface area (TPSA) is 38.0 Å². The van der Waals surface area contributed by atoms with Crippen molar-refractivity contribution in [1.29, 1.82) is 0 Å². The molecule has 2 heteroatoms. The average molecular weight is 212 g/mol. The molecule has 1 saturated carbocycles. The quantitative estimate of drug-likeness (QED) is 0.709. The number of rotatable bonds is 6. The second kappa shape index (κ2) is 7.24. The van der Waals surface area contributed by atoms with Crippen LogP contribution in [0.4, 0.5) is 0 Å². The first-order valence-electron chi connectivity index (χ1n) is 6.64. The third kappa shape index (κ3) is 4.98. The summed E-state index contributed by atoms with van der Waals surface area (Å²) < 4.78 is 0. The summed E-state index contributed by atoms with van der Waals surface area (Å²) in [5, 5.41) is 3.61. The van der Waals surface area contributed by atoms with Crippen molar-refractivity contribution in [3.8, 4) is 0 Å². The van der Waals surface area contributed by atoms with Gasteiger partial charge < -0.3 is 11.1 Å². The highest BCUT2D eigenvalue weighted by Crippen LogP contribution is 2.22. The van der Waals surface area contributed by atoms with E-state index in [1.807, 2.05) is 0 Å². The minimum atomic E-state index is 0.647. The zero-order chi connectivity index (χ0) is 11.1. The number of nitrogens with two attached hydrogens (primary N) is 1. The Morgan fingerprint density at radius 2 is 1.87 bits per heavy atom. The molecular formula is C13H28N2. The Labute approximate surface area is 95.0 Å². The third-order valence-electron chi connectivity index (χ3n) is 3.81. The lowest BCUT2D eigenvalue weighted by Gasteiger charge is -2.24. The van der Waals surface area contributed by atoms with Crippen LogP contribution in [0.1, 0.15) is 46.0 Å². The van der Waals surface area contributed by atoms with Gasteiger partial charge in [-0.15, -0.1) is 0 Å². The van der Waals surface area contributed by atoms with Gasteiger partial charge in [-0.1, -0.05) is 33.1 Å². The molecule has 0 heterocycles. The third-order valence-corrected chi connectivity index (χ3v) is 3.81. The number of hydrogen-bond acceptors (Lipinski definition) is 2. The van der Waals surface area contributed by atoms with Crippen molar-refractivity contribution in [2.45, 2.75) is 46.0 Å². The molecule has 0 bridgehead atoms. The van der Waals surface area contributed by atoms with Gasteiger partial charge in [-0.3, -0.25) is 0 Å². The molecule has 1 aliphatic rings. The lowest BCUT2D eigenvalue weighted by atomic mass is 9.89. The Morgan fingerprint density at radius 3 is 2.40 bits per heavy atom. The van der Waals surface area contributed by atoms with E-state index >= 15 is 0 Å². The van der Waals surface area contributed by atoms with E-state index in [0.717, 1.165) is 19.0 Å². The SMILES string of the molecule is CC(C)C(CN)CNCC1CCCCC1. The van der Waals surface area contributed by atoms with Crippen LogP contribution in [0.2, 0.25) is 0 Å². The summed E-state index contributed by atoms with van der Waals surface area (Å²) in [6, 6.07) is 0. The van der Waals surface area contributed by atoms with Crippen molar-refractivity contribution in [3.05, 3.63) is 0 Å². The van der Waals surface area contributed by atoms with Crippen LogP contribution < -0.4 is 11.1 Å². The molecule has 0 aromatic carbocycles. The molecule has 0 aromatic heterocycles. The smallest absolute Gasteiger partial charge is 0.000589 e. The predicted octanol–water partition coefficient (Wildman–Crippen LogP) is 2.39. The van der Waals surface area contributed by atoms with E-state index in [2.05, 4.69) is 19.2 Å². The van der Waals surface area contributed by atoms with E-state index in [9.17, 15) is 0 Å². The monoisotopic (exact) mass is 212 g/mol. The maximum absolute atomic E-state index is 5.75. The molecule has 0 spiro atoms. The predicted molar refractivity (Wildman–Crippen MR) is 66.8 cm³/mol. The first-order chi connectivity index (χ1) is 7.24. The van der Waals surface area contributed by atoms with E-state index < -0.39 is 0 Å². The van der Waals surface area contributed by atoms with Gasteiger partial charge in [0.1, 0.15) is 0 Å². The van der Waals surface area contributed by atoms with Crippen molar-refractivity contribution < 1.29 is 0 Å². The van der Waals surface area contributed by atoms with Gasteiger partial charge in [0, 0.05) is 0 Å². The highest BCUT2D eigenvalue weighted by Gasteiger charge is 2.15. The highest BCUT2D eigenvalue weighted by molar-refractivity contribution is 4.71. The van der Waals surface area contributed by atoms with Crippen LogP contribution in [0, 0.1) is 17.8 Å². The standard InChI is InChI=1S/C13H28N2/c1-11(2)13(8-14)10-15-9-12-6-4-3-5-7-12/h11-13,15H,3-10,14H2,1-2H3. The molecule has 1 fully saturated rings. The molecule has 1 unspecified atom stereocenters. The second-order valence-corrected chi connectivity index (χ2v) is 5.40. The van der Waals surface area contributed by atoms with Crippen LogP contribution in [0.3, 0.4) is 0 Å². The molecule has 1 rings (SSSR count). The van der Waals surface area contributed by atoms with Gasteiger partial charge in [0.15, 0.2) is 0 Å². The molecule has 0 radical (unpaired) electrons. The zero-order valence-corrected chi connectivity index (χ0v) is 10.5. The van der Waals surface area contributed by atoms with E-state index in [4.69, 9.17) is 5.73 Å². The minimum Gasteiger partial charge on any atom is -0.330 e. The van der Waals surface area contributed by atoms with Crippen molar-refractivity contribution in [3.63, 3.8) is 0 Å². The maximum Gasteiger partial charge on any atom is -0.000589 e. The van der Waals surface area contributed by atoms with Crippen LogP contribution in [-0.2, 0) is 0 Å². The molecule has 0 amide bonds. The molecule has 0 aliphatic heterocycles. The first-order valence-corrected chi connectivity index (χ1v) is 6.64. The van der Waals surface area contributed by atoms with Crippen LogP contribution in [0.15, 0.2) is 0 Å². The van der Waals surface area contributed by atoms with Crippen LogP contribution in [0.5, 0.6) is 0 Å². The van der Waals surface area contributed by atoms with Gasteiger partial charge in [0.25, 0.3) is 0 Å². The molecule has 3 N–H and O–H groups in total. The van der Waals surface area contributed by atoms with E-state index in [0.29, 0.717) is 11.8 Å². The Balaban J connectivity index is 2.08. The average Bonchev–Trinajstić information content (AvgIpc) is 2.25. The zero-order valence-electron chi connectivity index (χ0n) is 10.5. The maximum atomic E-state index is 5.75. The summed E-state index contributed by atoms with van der Waals surface area (Å²) in [6.07, 6.45) is 7.20. The van der Waals surface area contributed by atoms with E-state index in [1.54, 1.807) is 0 Å². The van der Waals surface area contributed by atoms with E-state index in [1.165, 1.54) is 38.6 Å². The summed E-state index contributed by atoms with van der Waals surface area (Å²) >= 11 is 0.